The first-order valence-electron chi connectivity index (χ1n) is 9.64. The smallest absolute Gasteiger partial charge is 0.227 e. The molecule has 0 saturated carbocycles. The third-order valence-electron chi connectivity index (χ3n) is 4.76. The molecule has 29 heavy (non-hydrogen) atoms. The van der Waals surface area contributed by atoms with Crippen molar-refractivity contribution in [3.05, 3.63) is 77.9 Å². The highest BCUT2D eigenvalue weighted by atomic mass is 16.5. The fourth-order valence-corrected chi connectivity index (χ4v) is 3.31. The lowest BCUT2D eigenvalue weighted by molar-refractivity contribution is -0.116. The number of imidazole rings is 1. The summed E-state index contributed by atoms with van der Waals surface area (Å²) in [7, 11) is 0. The summed E-state index contributed by atoms with van der Waals surface area (Å²) in [5, 5.41) is 2.98. The van der Waals surface area contributed by atoms with Gasteiger partial charge in [-0.05, 0) is 49.7 Å². The zero-order valence-electron chi connectivity index (χ0n) is 16.5. The SMILES string of the molecule is Cc1ccc(OCCC(=O)Nc2ccccc2-c2nc3ccccc3[nH]2)c(C)c1. The largest absolute Gasteiger partial charge is 0.493 e. The maximum Gasteiger partial charge on any atom is 0.227 e. The molecule has 4 aromatic rings. The number of H-pyrrole nitrogens is 1. The lowest BCUT2D eigenvalue weighted by Crippen LogP contribution is -2.16. The van der Waals surface area contributed by atoms with E-state index in [9.17, 15) is 4.79 Å². The zero-order chi connectivity index (χ0) is 20.2. The second kappa shape index (κ2) is 8.19. The molecule has 1 aromatic heterocycles. The number of benzene rings is 3. The first-order valence-corrected chi connectivity index (χ1v) is 9.64. The van der Waals surface area contributed by atoms with Crippen LogP contribution in [0.15, 0.2) is 66.7 Å². The summed E-state index contributed by atoms with van der Waals surface area (Å²) in [6.45, 7) is 4.37. The van der Waals surface area contributed by atoms with Gasteiger partial charge in [-0.3, -0.25) is 4.79 Å². The van der Waals surface area contributed by atoms with Crippen LogP contribution in [0.25, 0.3) is 22.4 Å². The number of aromatic amines is 1. The molecule has 4 rings (SSSR count). The van der Waals surface area contributed by atoms with Gasteiger partial charge in [0.1, 0.15) is 11.6 Å². The van der Waals surface area contributed by atoms with E-state index < -0.39 is 0 Å². The van der Waals surface area contributed by atoms with Crippen molar-refractivity contribution in [3.8, 4) is 17.1 Å². The fourth-order valence-electron chi connectivity index (χ4n) is 3.31. The molecule has 0 unspecified atom stereocenters. The molecule has 1 amide bonds. The highest BCUT2D eigenvalue weighted by Gasteiger charge is 2.12. The second-order valence-corrected chi connectivity index (χ2v) is 7.06. The van der Waals surface area contributed by atoms with Gasteiger partial charge in [0.25, 0.3) is 0 Å². The Hall–Kier alpha value is -3.60. The lowest BCUT2D eigenvalue weighted by Gasteiger charge is -2.11. The maximum absolute atomic E-state index is 12.5. The van der Waals surface area contributed by atoms with Gasteiger partial charge in [-0.1, -0.05) is 42.0 Å². The van der Waals surface area contributed by atoms with E-state index in [0.29, 0.717) is 6.61 Å². The molecule has 2 N–H and O–H groups in total. The number of para-hydroxylation sites is 3. The topological polar surface area (TPSA) is 67.0 Å². The third kappa shape index (κ3) is 4.29. The van der Waals surface area contributed by atoms with Gasteiger partial charge >= 0.3 is 0 Å². The molecule has 0 saturated heterocycles. The number of rotatable bonds is 6. The summed E-state index contributed by atoms with van der Waals surface area (Å²) in [5.41, 5.74) is 5.70. The number of hydrogen-bond donors (Lipinski definition) is 2. The average molecular weight is 385 g/mol. The van der Waals surface area contributed by atoms with Crippen LogP contribution in [0, 0.1) is 13.8 Å². The molecule has 5 heteroatoms. The van der Waals surface area contributed by atoms with E-state index >= 15 is 0 Å². The molecular formula is C24H23N3O2. The Morgan fingerprint density at radius 1 is 1.03 bits per heavy atom. The van der Waals surface area contributed by atoms with Crippen LogP contribution in [0.2, 0.25) is 0 Å². The number of nitrogens with zero attached hydrogens (tertiary/aromatic N) is 1. The minimum Gasteiger partial charge on any atom is -0.493 e. The highest BCUT2D eigenvalue weighted by molar-refractivity contribution is 5.95. The molecule has 0 aliphatic heterocycles. The zero-order valence-corrected chi connectivity index (χ0v) is 16.5. The fraction of sp³-hybridized carbons (Fsp3) is 0.167. The molecule has 5 nitrogen and oxygen atoms in total. The van der Waals surface area contributed by atoms with Crippen LogP contribution >= 0.6 is 0 Å². The van der Waals surface area contributed by atoms with Crippen molar-refractivity contribution < 1.29 is 9.53 Å². The third-order valence-corrected chi connectivity index (χ3v) is 4.76. The molecule has 0 aliphatic rings. The number of fused-ring (bicyclic) bond motifs is 1. The molecule has 0 bridgehead atoms. The predicted molar refractivity (Wildman–Crippen MR) is 116 cm³/mol. The standard InChI is InChI=1S/C24H23N3O2/c1-16-11-12-22(17(2)15-16)29-14-13-23(28)25-19-8-4-3-7-18(19)24-26-20-9-5-6-10-21(20)27-24/h3-12,15H,13-14H2,1-2H3,(H,25,28)(H,26,27). The van der Waals surface area contributed by atoms with Crippen molar-refractivity contribution in [2.75, 3.05) is 11.9 Å². The van der Waals surface area contributed by atoms with E-state index in [1.807, 2.05) is 74.5 Å². The Morgan fingerprint density at radius 3 is 2.66 bits per heavy atom. The summed E-state index contributed by atoms with van der Waals surface area (Å²) in [6, 6.07) is 21.5. The van der Waals surface area contributed by atoms with Crippen molar-refractivity contribution in [1.29, 1.82) is 0 Å². The summed E-state index contributed by atoms with van der Waals surface area (Å²) < 4.78 is 5.78. The number of amides is 1. The molecule has 0 atom stereocenters. The number of hydrogen-bond acceptors (Lipinski definition) is 3. The lowest BCUT2D eigenvalue weighted by atomic mass is 10.1. The van der Waals surface area contributed by atoms with Crippen molar-refractivity contribution >= 4 is 22.6 Å². The van der Waals surface area contributed by atoms with E-state index in [1.54, 1.807) is 0 Å². The number of aryl methyl sites for hydroxylation is 2. The normalized spacial score (nSPS) is 10.8. The Labute approximate surface area is 169 Å². The van der Waals surface area contributed by atoms with Crippen molar-refractivity contribution in [1.82, 2.24) is 9.97 Å². The van der Waals surface area contributed by atoms with Gasteiger partial charge in [-0.25, -0.2) is 4.98 Å². The molecule has 0 spiro atoms. The van der Waals surface area contributed by atoms with Crippen LogP contribution in [0.1, 0.15) is 17.5 Å². The maximum atomic E-state index is 12.5. The molecule has 146 valence electrons. The van der Waals surface area contributed by atoms with Crippen LogP contribution in [0.4, 0.5) is 5.69 Å². The van der Waals surface area contributed by atoms with E-state index in [2.05, 4.69) is 21.4 Å². The van der Waals surface area contributed by atoms with E-state index in [-0.39, 0.29) is 12.3 Å². The molecule has 0 fully saturated rings. The van der Waals surface area contributed by atoms with Gasteiger partial charge in [-0.2, -0.15) is 0 Å². The number of carbonyl (C=O) groups excluding carboxylic acids is 1. The van der Waals surface area contributed by atoms with Gasteiger partial charge < -0.3 is 15.0 Å². The summed E-state index contributed by atoms with van der Waals surface area (Å²) in [6.07, 6.45) is 0.266. The Morgan fingerprint density at radius 2 is 1.83 bits per heavy atom. The van der Waals surface area contributed by atoms with Crippen LogP contribution in [0.3, 0.4) is 0 Å². The highest BCUT2D eigenvalue weighted by Crippen LogP contribution is 2.27. The van der Waals surface area contributed by atoms with Crippen molar-refractivity contribution in [2.24, 2.45) is 0 Å². The van der Waals surface area contributed by atoms with Crippen LogP contribution in [-0.2, 0) is 4.79 Å². The van der Waals surface area contributed by atoms with E-state index in [4.69, 9.17) is 4.74 Å². The van der Waals surface area contributed by atoms with Crippen molar-refractivity contribution in [2.45, 2.75) is 20.3 Å². The van der Waals surface area contributed by atoms with Gasteiger partial charge in [-0.15, -0.1) is 0 Å². The number of anilines is 1. The van der Waals surface area contributed by atoms with E-state index in [1.165, 1.54) is 5.56 Å². The number of ether oxygens (including phenoxy) is 1. The van der Waals surface area contributed by atoms with Crippen molar-refractivity contribution in [3.63, 3.8) is 0 Å². The number of carbonyl (C=O) groups is 1. The van der Waals surface area contributed by atoms with Crippen LogP contribution in [-0.4, -0.2) is 22.5 Å². The monoisotopic (exact) mass is 385 g/mol. The molecular weight excluding hydrogens is 362 g/mol. The first kappa shape index (κ1) is 18.7. The number of aromatic nitrogens is 2. The summed E-state index contributed by atoms with van der Waals surface area (Å²) >= 11 is 0. The van der Waals surface area contributed by atoms with Gasteiger partial charge in [0.15, 0.2) is 0 Å². The molecule has 1 heterocycles. The van der Waals surface area contributed by atoms with Gasteiger partial charge in [0.2, 0.25) is 5.91 Å². The first-order chi connectivity index (χ1) is 14.1. The Kier molecular flexibility index (Phi) is 5.29. The van der Waals surface area contributed by atoms with Gasteiger partial charge in [0, 0.05) is 5.56 Å². The summed E-state index contributed by atoms with van der Waals surface area (Å²) in [4.78, 5) is 20.4. The van der Waals surface area contributed by atoms with Crippen LogP contribution < -0.4 is 10.1 Å². The Bertz CT molecular complexity index is 1130. The average Bonchev–Trinajstić information content (AvgIpc) is 3.14. The summed E-state index contributed by atoms with van der Waals surface area (Å²) in [5.74, 6) is 1.44. The molecule has 0 radical (unpaired) electrons. The van der Waals surface area contributed by atoms with Gasteiger partial charge in [0.05, 0.1) is 29.7 Å². The number of nitrogens with one attached hydrogen (secondary N) is 2. The second-order valence-electron chi connectivity index (χ2n) is 7.06. The Balaban J connectivity index is 1.43. The van der Waals surface area contributed by atoms with Crippen LogP contribution in [0.5, 0.6) is 5.75 Å². The molecule has 3 aromatic carbocycles. The van der Waals surface area contributed by atoms with E-state index in [0.717, 1.165) is 39.4 Å². The minimum absolute atomic E-state index is 0.0988. The predicted octanol–water partition coefficient (Wildman–Crippen LogP) is 5.25. The quantitative estimate of drug-likeness (QED) is 0.476. The molecule has 0 aliphatic carbocycles. The minimum atomic E-state index is -0.0988.